The molecule has 5 aromatic heterocycles. The number of alkyl halides is 3. The lowest BCUT2D eigenvalue weighted by molar-refractivity contribution is -0.137. The van der Waals surface area contributed by atoms with Crippen LogP contribution in [0.15, 0.2) is 85.7 Å². The lowest BCUT2D eigenvalue weighted by Gasteiger charge is -2.34. The Hall–Kier alpha value is -8.51. The van der Waals surface area contributed by atoms with Gasteiger partial charge in [0.15, 0.2) is 23.2 Å². The maximum Gasteiger partial charge on any atom is 0.416 e. The second-order valence-electron chi connectivity index (χ2n) is 20.6. The number of aryl methyl sites for hydroxylation is 3. The number of fused-ring (bicyclic) bond motifs is 2. The van der Waals surface area contributed by atoms with Gasteiger partial charge in [-0.1, -0.05) is 0 Å². The molecule has 10 rings (SSSR count). The summed E-state index contributed by atoms with van der Waals surface area (Å²) in [6.07, 6.45) is 4.34. The molecule has 3 aliphatic rings. The molecule has 1 saturated heterocycles. The molecular formula is C57H62F5N15O4. The molecule has 0 bridgehead atoms. The summed E-state index contributed by atoms with van der Waals surface area (Å²) >= 11 is 0. The van der Waals surface area contributed by atoms with Gasteiger partial charge in [0.1, 0.15) is 29.5 Å². The number of hydrogen-bond acceptors (Lipinski definition) is 15. The van der Waals surface area contributed by atoms with Crippen LogP contribution in [0, 0.1) is 19.7 Å². The summed E-state index contributed by atoms with van der Waals surface area (Å²) in [5.41, 5.74) is 4.76. The summed E-state index contributed by atoms with van der Waals surface area (Å²) in [5.74, 6) is -2.11. The third-order valence-corrected chi connectivity index (χ3v) is 14.6. The van der Waals surface area contributed by atoms with E-state index < -0.39 is 35.2 Å². The number of nitrogens with one attached hydrogen (secondary N) is 4. The quantitative estimate of drug-likeness (QED) is 0.0558. The highest BCUT2D eigenvalue weighted by Crippen LogP contribution is 2.39. The summed E-state index contributed by atoms with van der Waals surface area (Å²) in [5, 5.41) is 9.46. The smallest absolute Gasteiger partial charge is 0.416 e. The second-order valence-corrected chi connectivity index (χ2v) is 20.6. The first-order chi connectivity index (χ1) is 38.9. The summed E-state index contributed by atoms with van der Waals surface area (Å²) in [4.78, 5) is 65.4. The first-order valence-electron chi connectivity index (χ1n) is 26.7. The number of halogens is 5. The van der Waals surface area contributed by atoms with Gasteiger partial charge in [-0.3, -0.25) is 19.5 Å². The van der Waals surface area contributed by atoms with Gasteiger partial charge in [-0.05, 0) is 102 Å². The van der Waals surface area contributed by atoms with Crippen molar-refractivity contribution in [2.75, 3.05) is 75.9 Å². The van der Waals surface area contributed by atoms with E-state index in [0.29, 0.717) is 73.6 Å². The molecule has 4 N–H and O–H groups in total. The zero-order chi connectivity index (χ0) is 57.1. The van der Waals surface area contributed by atoms with Crippen LogP contribution in [0.4, 0.5) is 44.8 Å². The first-order valence-corrected chi connectivity index (χ1v) is 26.7. The molecule has 81 heavy (non-hydrogen) atoms. The minimum absolute atomic E-state index is 0.00825. The zero-order valence-corrected chi connectivity index (χ0v) is 45.7. The summed E-state index contributed by atoms with van der Waals surface area (Å²) in [7, 11) is 3.29. The number of anilines is 4. The molecule has 2 aliphatic heterocycles. The number of benzene rings is 2. The Morgan fingerprint density at radius 2 is 1.59 bits per heavy atom. The molecule has 0 spiro atoms. The van der Waals surface area contributed by atoms with Crippen molar-refractivity contribution in [2.45, 2.75) is 78.7 Å². The van der Waals surface area contributed by atoms with Crippen LogP contribution in [-0.4, -0.2) is 137 Å². The number of nitrogens with zero attached hydrogens (tertiary/aromatic N) is 11. The van der Waals surface area contributed by atoms with Gasteiger partial charge in [-0.2, -0.15) is 13.2 Å². The minimum atomic E-state index is -4.66. The molecule has 2 amide bonds. The number of aromatic amines is 1. The molecule has 1 fully saturated rings. The highest BCUT2D eigenvalue weighted by molar-refractivity contribution is 6.01. The van der Waals surface area contributed by atoms with Crippen molar-refractivity contribution in [1.29, 1.82) is 0 Å². The van der Waals surface area contributed by atoms with Crippen LogP contribution in [0.5, 0.6) is 17.5 Å². The fourth-order valence-corrected chi connectivity index (χ4v) is 10.1. The van der Waals surface area contributed by atoms with Crippen molar-refractivity contribution in [2.24, 2.45) is 0 Å². The highest BCUT2D eigenvalue weighted by atomic mass is 19.4. The fourth-order valence-electron chi connectivity index (χ4n) is 10.1. The number of imidazole rings is 1. The number of piperazine rings is 1. The summed E-state index contributed by atoms with van der Waals surface area (Å²) in [6.45, 7) is 12.2. The Labute approximate surface area is 464 Å². The Balaban J connectivity index is 0.767. The van der Waals surface area contributed by atoms with E-state index in [-0.39, 0.29) is 76.3 Å². The van der Waals surface area contributed by atoms with Crippen LogP contribution >= 0.6 is 0 Å². The average Bonchev–Trinajstić information content (AvgIpc) is 4.20. The Morgan fingerprint density at radius 3 is 2.32 bits per heavy atom. The number of hydrogen-bond donors (Lipinski definition) is 4. The highest BCUT2D eigenvalue weighted by Gasteiger charge is 2.33. The van der Waals surface area contributed by atoms with Crippen molar-refractivity contribution in [3.8, 4) is 23.2 Å². The monoisotopic (exact) mass is 1120 g/mol. The van der Waals surface area contributed by atoms with E-state index in [0.717, 1.165) is 55.4 Å². The topological polar surface area (TPSA) is 200 Å². The van der Waals surface area contributed by atoms with Crippen molar-refractivity contribution < 1.29 is 41.0 Å². The molecule has 424 valence electrons. The first kappa shape index (κ1) is 55.8. The normalized spacial score (nSPS) is 15.5. The number of carbonyl (C=O) groups is 2. The van der Waals surface area contributed by atoms with Crippen molar-refractivity contribution in [3.05, 3.63) is 148 Å². The number of pyridine rings is 1. The van der Waals surface area contributed by atoms with Crippen molar-refractivity contribution in [3.63, 3.8) is 0 Å². The van der Waals surface area contributed by atoms with E-state index in [1.54, 1.807) is 45.5 Å². The largest absolute Gasteiger partial charge is 0.439 e. The van der Waals surface area contributed by atoms with Gasteiger partial charge < -0.3 is 49.7 Å². The van der Waals surface area contributed by atoms with Crippen LogP contribution in [0.1, 0.15) is 92.6 Å². The van der Waals surface area contributed by atoms with E-state index in [1.165, 1.54) is 45.5 Å². The molecule has 1 atom stereocenters. The predicted molar refractivity (Wildman–Crippen MR) is 294 cm³/mol. The van der Waals surface area contributed by atoms with E-state index in [2.05, 4.69) is 55.7 Å². The lowest BCUT2D eigenvalue weighted by atomic mass is 10.0. The number of ether oxygens (including phenoxy) is 2. The molecule has 7 heterocycles. The SMILES string of the molecule is CCN(C)C(=O)c1c(Nc2ccc(CN3CCN(CCCN(C)C(=O)c4c(CNc5cc(-n6cnc(C)c6)cc(C(F)(F)F)c5)ncnc4Oc4ccc5c(c4F)CC(C)N5)CC3)nc2)ncnc1OC1=C(F)c2cc(C)[nH]c2CC1. The number of aromatic nitrogens is 8. The lowest BCUT2D eigenvalue weighted by Crippen LogP contribution is -2.46. The molecule has 19 nitrogen and oxygen atoms in total. The van der Waals surface area contributed by atoms with Gasteiger partial charge in [0.25, 0.3) is 11.8 Å². The van der Waals surface area contributed by atoms with Gasteiger partial charge in [-0.25, -0.2) is 33.7 Å². The van der Waals surface area contributed by atoms with Gasteiger partial charge in [0.05, 0.1) is 47.4 Å². The second kappa shape index (κ2) is 23.7. The Morgan fingerprint density at radius 1 is 0.840 bits per heavy atom. The van der Waals surface area contributed by atoms with Crippen molar-refractivity contribution >= 4 is 40.5 Å². The number of carbonyl (C=O) groups excluding carboxylic acids is 2. The average molecular weight is 1120 g/mol. The number of amides is 2. The predicted octanol–water partition coefficient (Wildman–Crippen LogP) is 9.49. The number of allylic oxidation sites excluding steroid dienone is 1. The van der Waals surface area contributed by atoms with Crippen LogP contribution in [0.2, 0.25) is 0 Å². The van der Waals surface area contributed by atoms with Crippen molar-refractivity contribution in [1.82, 2.24) is 59.1 Å². The Kier molecular flexibility index (Phi) is 16.3. The molecule has 7 aromatic rings. The maximum absolute atomic E-state index is 16.0. The molecule has 1 aliphatic carbocycles. The van der Waals surface area contributed by atoms with Crippen LogP contribution in [-0.2, 0) is 32.1 Å². The number of rotatable bonds is 19. The maximum atomic E-state index is 16.0. The fraction of sp³-hybridized carbons (Fsp3) is 0.368. The molecule has 2 aromatic carbocycles. The summed E-state index contributed by atoms with van der Waals surface area (Å²) in [6, 6.07) is 12.2. The summed E-state index contributed by atoms with van der Waals surface area (Å²) < 4.78 is 87.9. The van der Waals surface area contributed by atoms with Gasteiger partial charge in [-0.15, -0.1) is 0 Å². The molecule has 0 radical (unpaired) electrons. The van der Waals surface area contributed by atoms with Crippen LogP contribution in [0.25, 0.3) is 11.5 Å². The van der Waals surface area contributed by atoms with E-state index in [1.807, 2.05) is 32.9 Å². The Bertz CT molecular complexity index is 3490. The number of H-pyrrole nitrogens is 1. The van der Waals surface area contributed by atoms with E-state index in [4.69, 9.17) is 14.5 Å². The van der Waals surface area contributed by atoms with E-state index >= 15 is 8.78 Å². The van der Waals surface area contributed by atoms with E-state index in [9.17, 15) is 22.8 Å². The van der Waals surface area contributed by atoms with Gasteiger partial charge in [0.2, 0.25) is 11.8 Å². The van der Waals surface area contributed by atoms with Gasteiger partial charge >= 0.3 is 6.18 Å². The molecule has 24 heteroatoms. The zero-order valence-electron chi connectivity index (χ0n) is 45.7. The standard InChI is InChI=1S/C57H62F5N15O4/c1-7-73(5)56(79)49-52(66-31-68-54(49)81-47-14-12-44-42(51(47)59)22-34(3)71-44)72-37-9-10-38(63-26-37)29-76-19-17-75(18-20-76)16-8-15-74(6)55(78)48-45(65-30-67-53(48)80-46-13-11-43-41(50(46)58)21-33(2)70-43)27-64-39-23-36(57(60,61)62)24-40(25-39)77-28-35(4)69-32-77/h9-11,13,22-26,28,30-33,64,70-71H,7-8,12,14-21,27,29H2,1-6H3,(H,66,68,72). The third-order valence-electron chi connectivity index (χ3n) is 14.6. The van der Waals surface area contributed by atoms with Gasteiger partial charge in [0, 0.05) is 118 Å². The minimum Gasteiger partial charge on any atom is -0.439 e. The van der Waals surface area contributed by atoms with Crippen LogP contribution in [0.3, 0.4) is 0 Å². The third kappa shape index (κ3) is 12.6. The van der Waals surface area contributed by atoms with Crippen LogP contribution < -0.4 is 25.4 Å². The molecule has 0 saturated carbocycles. The molecular weight excluding hydrogens is 1050 g/mol. The molecule has 1 unspecified atom stereocenters.